The third-order valence-electron chi connectivity index (χ3n) is 3.31. The maximum absolute atomic E-state index is 11.9. The molecule has 3 rings (SSSR count). The topological polar surface area (TPSA) is 66.6 Å². The number of carbonyl (C=O) groups is 1. The summed E-state index contributed by atoms with van der Waals surface area (Å²) in [5.41, 5.74) is 0.845. The molecule has 0 saturated carbocycles. The lowest BCUT2D eigenvalue weighted by molar-refractivity contribution is -0.127. The van der Waals surface area contributed by atoms with E-state index in [2.05, 4.69) is 5.16 Å². The van der Waals surface area contributed by atoms with Crippen LogP contribution in [0, 0.1) is 0 Å². The van der Waals surface area contributed by atoms with E-state index in [-0.39, 0.29) is 12.0 Å². The average Bonchev–Trinajstić information content (AvgIpc) is 3.19. The van der Waals surface area contributed by atoms with Crippen molar-refractivity contribution in [2.24, 2.45) is 0 Å². The lowest BCUT2D eigenvalue weighted by atomic mass is 10.3. The van der Waals surface area contributed by atoms with Gasteiger partial charge in [-0.2, -0.15) is 0 Å². The van der Waals surface area contributed by atoms with Crippen molar-refractivity contribution < 1.29 is 14.4 Å². The Balaban J connectivity index is 1.46. The van der Waals surface area contributed by atoms with E-state index in [1.807, 2.05) is 23.6 Å². The highest BCUT2D eigenvalue weighted by molar-refractivity contribution is 7.99. The Hall–Kier alpha value is -1.31. The van der Waals surface area contributed by atoms with Crippen LogP contribution in [0.4, 0.5) is 0 Å². The van der Waals surface area contributed by atoms with Crippen LogP contribution in [0.1, 0.15) is 12.1 Å². The lowest BCUT2D eigenvalue weighted by Crippen LogP contribution is -2.31. The average molecular weight is 324 g/mol. The van der Waals surface area contributed by atoms with Crippen molar-refractivity contribution in [1.82, 2.24) is 10.1 Å². The molecule has 1 aliphatic rings. The minimum atomic E-state index is -0.358. The zero-order chi connectivity index (χ0) is 14.7. The number of nitrogens with zero attached hydrogens (tertiary/aromatic N) is 2. The van der Waals surface area contributed by atoms with Gasteiger partial charge in [-0.25, -0.2) is 0 Å². The number of aromatic nitrogens is 1. The van der Waals surface area contributed by atoms with Crippen molar-refractivity contribution in [3.63, 3.8) is 0 Å². The van der Waals surface area contributed by atoms with Gasteiger partial charge in [0.05, 0.1) is 22.4 Å². The van der Waals surface area contributed by atoms with Crippen LogP contribution in [-0.4, -0.2) is 46.0 Å². The molecule has 1 aliphatic heterocycles. The number of hydrogen-bond donors (Lipinski definition) is 1. The Morgan fingerprint density at radius 3 is 3.24 bits per heavy atom. The quantitative estimate of drug-likeness (QED) is 0.913. The number of amides is 1. The number of aliphatic hydroxyl groups excluding tert-OH is 1. The molecule has 1 saturated heterocycles. The third kappa shape index (κ3) is 3.66. The molecule has 0 aliphatic carbocycles. The first-order valence-corrected chi connectivity index (χ1v) is 8.79. The summed E-state index contributed by atoms with van der Waals surface area (Å²) >= 11 is 3.13. The van der Waals surface area contributed by atoms with Crippen molar-refractivity contribution in [3.8, 4) is 10.6 Å². The highest BCUT2D eigenvalue weighted by Gasteiger charge is 2.24. The molecule has 0 radical (unpaired) electrons. The van der Waals surface area contributed by atoms with Crippen molar-refractivity contribution in [2.75, 3.05) is 18.8 Å². The van der Waals surface area contributed by atoms with Gasteiger partial charge in [-0.1, -0.05) is 11.2 Å². The molecule has 2 aromatic rings. The molecule has 0 spiro atoms. The molecule has 21 heavy (non-hydrogen) atoms. The Labute approximate surface area is 130 Å². The van der Waals surface area contributed by atoms with Gasteiger partial charge >= 0.3 is 0 Å². The number of likely N-dealkylation sites (tertiary alicyclic amines) is 1. The molecule has 3 heterocycles. The summed E-state index contributed by atoms with van der Waals surface area (Å²) in [6, 6.07) is 5.88. The molecule has 2 aromatic heterocycles. The van der Waals surface area contributed by atoms with Gasteiger partial charge in [0.15, 0.2) is 5.76 Å². The van der Waals surface area contributed by atoms with E-state index in [1.54, 1.807) is 16.2 Å². The van der Waals surface area contributed by atoms with Crippen molar-refractivity contribution in [3.05, 3.63) is 29.3 Å². The van der Waals surface area contributed by atoms with Gasteiger partial charge in [0.2, 0.25) is 5.91 Å². The van der Waals surface area contributed by atoms with E-state index in [4.69, 9.17) is 4.52 Å². The predicted molar refractivity (Wildman–Crippen MR) is 83.2 cm³/mol. The molecular formula is C14H16N2O3S2. The van der Waals surface area contributed by atoms with E-state index < -0.39 is 0 Å². The van der Waals surface area contributed by atoms with E-state index in [0.717, 1.165) is 16.3 Å². The van der Waals surface area contributed by atoms with Crippen LogP contribution in [0.2, 0.25) is 0 Å². The summed E-state index contributed by atoms with van der Waals surface area (Å²) in [5, 5.41) is 15.4. The summed E-state index contributed by atoms with van der Waals surface area (Å²) in [4.78, 5) is 14.7. The van der Waals surface area contributed by atoms with Crippen molar-refractivity contribution in [2.45, 2.75) is 18.3 Å². The number of β-amino-alcohol motifs (C(OH)–C–C–N with tert-alkyl or cyclic N) is 1. The molecular weight excluding hydrogens is 308 g/mol. The van der Waals surface area contributed by atoms with Gasteiger partial charge in [0.25, 0.3) is 0 Å². The van der Waals surface area contributed by atoms with Crippen LogP contribution in [-0.2, 0) is 10.5 Å². The molecule has 0 aromatic carbocycles. The van der Waals surface area contributed by atoms with E-state index in [9.17, 15) is 9.90 Å². The maximum atomic E-state index is 11.9. The smallest absolute Gasteiger partial charge is 0.232 e. The van der Waals surface area contributed by atoms with Crippen LogP contribution in [0.5, 0.6) is 0 Å². The Morgan fingerprint density at radius 2 is 2.52 bits per heavy atom. The number of thioether (sulfide) groups is 1. The van der Waals surface area contributed by atoms with Gasteiger partial charge in [-0.15, -0.1) is 23.1 Å². The summed E-state index contributed by atoms with van der Waals surface area (Å²) in [6.45, 7) is 1.12. The van der Waals surface area contributed by atoms with Crippen LogP contribution in [0.15, 0.2) is 28.1 Å². The zero-order valence-corrected chi connectivity index (χ0v) is 13.0. The Kier molecular flexibility index (Phi) is 4.62. The largest absolute Gasteiger partial charge is 0.391 e. The highest BCUT2D eigenvalue weighted by Crippen LogP contribution is 2.26. The van der Waals surface area contributed by atoms with Crippen molar-refractivity contribution in [1.29, 1.82) is 0 Å². The third-order valence-corrected chi connectivity index (χ3v) is 5.15. The molecule has 1 amide bonds. The highest BCUT2D eigenvalue weighted by atomic mass is 32.2. The molecule has 0 bridgehead atoms. The molecule has 0 unspecified atom stereocenters. The second kappa shape index (κ2) is 6.64. The van der Waals surface area contributed by atoms with E-state index in [0.29, 0.717) is 31.0 Å². The van der Waals surface area contributed by atoms with Crippen LogP contribution >= 0.6 is 23.1 Å². The van der Waals surface area contributed by atoms with Crippen LogP contribution in [0.25, 0.3) is 10.6 Å². The van der Waals surface area contributed by atoms with Gasteiger partial charge in [-0.3, -0.25) is 4.79 Å². The molecule has 1 N–H and O–H groups in total. The minimum absolute atomic E-state index is 0.0820. The SMILES string of the molecule is O=C(CSCc1cc(-c2cccs2)on1)N1CC[C@@H](O)C1. The fraction of sp³-hybridized carbons (Fsp3) is 0.429. The molecule has 112 valence electrons. The minimum Gasteiger partial charge on any atom is -0.391 e. The summed E-state index contributed by atoms with van der Waals surface area (Å²) in [7, 11) is 0. The van der Waals surface area contributed by atoms with E-state index >= 15 is 0 Å². The van der Waals surface area contributed by atoms with Gasteiger partial charge < -0.3 is 14.5 Å². The van der Waals surface area contributed by atoms with Gasteiger partial charge in [0, 0.05) is 24.9 Å². The summed E-state index contributed by atoms with van der Waals surface area (Å²) < 4.78 is 5.30. The van der Waals surface area contributed by atoms with Gasteiger partial charge in [-0.05, 0) is 17.9 Å². The number of aliphatic hydroxyl groups is 1. The lowest BCUT2D eigenvalue weighted by Gasteiger charge is -2.14. The monoisotopic (exact) mass is 324 g/mol. The second-order valence-corrected chi connectivity index (χ2v) is 6.87. The zero-order valence-electron chi connectivity index (χ0n) is 11.4. The van der Waals surface area contributed by atoms with Crippen LogP contribution in [0.3, 0.4) is 0 Å². The first kappa shape index (κ1) is 14.6. The second-order valence-electron chi connectivity index (χ2n) is 4.93. The predicted octanol–water partition coefficient (Wildman–Crippen LogP) is 2.23. The Bertz CT molecular complexity index is 597. The van der Waals surface area contributed by atoms with Crippen molar-refractivity contribution >= 4 is 29.0 Å². The fourth-order valence-electron chi connectivity index (χ4n) is 2.22. The first-order valence-electron chi connectivity index (χ1n) is 6.75. The normalized spacial score (nSPS) is 18.3. The standard InChI is InChI=1S/C14H16N2O3S2/c17-11-3-4-16(7-11)14(18)9-20-8-10-6-12(19-15-10)13-2-1-5-21-13/h1-2,5-6,11,17H,3-4,7-9H2/t11-/m1/s1. The van der Waals surface area contributed by atoms with E-state index in [1.165, 1.54) is 11.8 Å². The number of hydrogen-bond acceptors (Lipinski definition) is 6. The maximum Gasteiger partial charge on any atom is 0.232 e. The van der Waals surface area contributed by atoms with Crippen LogP contribution < -0.4 is 0 Å². The molecule has 1 atom stereocenters. The number of thiophene rings is 1. The number of rotatable bonds is 5. The molecule has 5 nitrogen and oxygen atoms in total. The number of carbonyl (C=O) groups excluding carboxylic acids is 1. The molecule has 1 fully saturated rings. The Morgan fingerprint density at radius 1 is 1.62 bits per heavy atom. The summed E-state index contributed by atoms with van der Waals surface area (Å²) in [5.74, 6) is 1.92. The fourth-order valence-corrected chi connectivity index (χ4v) is 3.69. The molecule has 7 heteroatoms. The summed E-state index contributed by atoms with van der Waals surface area (Å²) in [6.07, 6.45) is 0.326. The van der Waals surface area contributed by atoms with Gasteiger partial charge in [0.1, 0.15) is 0 Å². The first-order chi connectivity index (χ1) is 10.2.